The quantitative estimate of drug-likeness (QED) is 0.0204. The normalized spacial score (nSPS) is 23.0. The summed E-state index contributed by atoms with van der Waals surface area (Å²) in [5.41, 5.74) is 0. The van der Waals surface area contributed by atoms with E-state index in [-0.39, 0.29) is 12.5 Å². The van der Waals surface area contributed by atoms with Crippen LogP contribution in [0.2, 0.25) is 0 Å². The Kier molecular flexibility index (Phi) is 57.5. The molecule has 1 amide bonds. The van der Waals surface area contributed by atoms with E-state index in [0.29, 0.717) is 12.8 Å². The highest BCUT2D eigenvalue weighted by atomic mass is 16.7. The summed E-state index contributed by atoms with van der Waals surface area (Å²) in [6.07, 6.45) is 64.2. The van der Waals surface area contributed by atoms with E-state index in [9.17, 15) is 45.6 Å². The summed E-state index contributed by atoms with van der Waals surface area (Å²) in [7, 11) is 0. The first-order valence-electron chi connectivity index (χ1n) is 38.4. The van der Waals surface area contributed by atoms with E-state index in [4.69, 9.17) is 18.9 Å². The van der Waals surface area contributed by atoms with Crippen LogP contribution in [0.4, 0.5) is 0 Å². The highest BCUT2D eigenvalue weighted by molar-refractivity contribution is 5.76. The van der Waals surface area contributed by atoms with Gasteiger partial charge in [0.2, 0.25) is 5.91 Å². The molecule has 2 fully saturated rings. The van der Waals surface area contributed by atoms with Crippen LogP contribution in [0.5, 0.6) is 0 Å². The Bertz CT molecular complexity index is 1710. The Balaban J connectivity index is 1.63. The molecule has 0 bridgehead atoms. The number of allylic oxidation sites excluding steroid dienone is 8. The molecule has 534 valence electrons. The first kappa shape index (κ1) is 85.0. The number of carbonyl (C=O) groups is 1. The second-order valence-corrected chi connectivity index (χ2v) is 27.1. The van der Waals surface area contributed by atoms with Gasteiger partial charge in [-0.05, 0) is 51.4 Å². The van der Waals surface area contributed by atoms with Gasteiger partial charge in [-0.2, -0.15) is 0 Å². The maximum Gasteiger partial charge on any atom is 0.220 e. The largest absolute Gasteiger partial charge is 0.394 e. The number of unbranched alkanes of at least 4 members (excludes halogenated alkanes) is 43. The maximum absolute atomic E-state index is 13.4. The minimum Gasteiger partial charge on any atom is -0.394 e. The van der Waals surface area contributed by atoms with Crippen molar-refractivity contribution in [3.63, 3.8) is 0 Å². The highest BCUT2D eigenvalue weighted by Gasteiger charge is 2.51. The maximum atomic E-state index is 13.4. The van der Waals surface area contributed by atoms with E-state index >= 15 is 0 Å². The fourth-order valence-electron chi connectivity index (χ4n) is 12.8. The van der Waals surface area contributed by atoms with Crippen molar-refractivity contribution in [2.75, 3.05) is 19.8 Å². The summed E-state index contributed by atoms with van der Waals surface area (Å²) in [5.74, 6) is -0.202. The molecule has 0 radical (unpaired) electrons. The Morgan fingerprint density at radius 3 is 1.16 bits per heavy atom. The Labute approximate surface area is 556 Å². The molecular weight excluding hydrogens is 1150 g/mol. The van der Waals surface area contributed by atoms with Crippen molar-refractivity contribution in [3.8, 4) is 0 Å². The van der Waals surface area contributed by atoms with E-state index in [1.54, 1.807) is 0 Å². The smallest absolute Gasteiger partial charge is 0.220 e. The molecule has 2 heterocycles. The van der Waals surface area contributed by atoms with E-state index < -0.39 is 86.8 Å². The van der Waals surface area contributed by atoms with Gasteiger partial charge in [0.1, 0.15) is 48.8 Å². The summed E-state index contributed by atoms with van der Waals surface area (Å²) in [6.45, 7) is 2.81. The van der Waals surface area contributed by atoms with Gasteiger partial charge < -0.3 is 65.1 Å². The molecule has 0 saturated carbocycles. The number of hydrogen-bond donors (Lipinski definition) is 9. The van der Waals surface area contributed by atoms with Crippen LogP contribution >= 0.6 is 0 Å². The zero-order valence-corrected chi connectivity index (χ0v) is 58.3. The monoisotopic (exact) mass is 1290 g/mol. The van der Waals surface area contributed by atoms with Crippen LogP contribution in [0.15, 0.2) is 48.6 Å². The third-order valence-corrected chi connectivity index (χ3v) is 18.8. The van der Waals surface area contributed by atoms with Crippen molar-refractivity contribution >= 4 is 5.91 Å². The van der Waals surface area contributed by atoms with Crippen molar-refractivity contribution in [3.05, 3.63) is 48.6 Å². The SMILES string of the molecule is CC/C=C\C/C=C\C/C=C\C/C=C\CCCCCCCCCCCCCCCCCCC(=O)NC(COC1OC(CO)C(OC2OC(CO)C(O)C(O)C2O)C(O)C1O)C(O)CCCCCCCCCCCCCCCCCCCCCCCCCCCCCC. The van der Waals surface area contributed by atoms with E-state index in [1.165, 1.54) is 238 Å². The molecular formula is C77H143NO13. The molecule has 14 nitrogen and oxygen atoms in total. The second kappa shape index (κ2) is 61.5. The molecule has 0 spiro atoms. The van der Waals surface area contributed by atoms with Crippen LogP contribution in [-0.4, -0.2) is 140 Å². The molecule has 2 saturated heterocycles. The predicted molar refractivity (Wildman–Crippen MR) is 374 cm³/mol. The Hall–Kier alpha value is -2.05. The molecule has 2 aliphatic rings. The third-order valence-electron chi connectivity index (χ3n) is 18.8. The minimum absolute atomic E-state index is 0.202. The van der Waals surface area contributed by atoms with Gasteiger partial charge in [-0.15, -0.1) is 0 Å². The first-order valence-corrected chi connectivity index (χ1v) is 38.4. The number of aliphatic hydroxyl groups is 8. The zero-order valence-electron chi connectivity index (χ0n) is 58.3. The fourth-order valence-corrected chi connectivity index (χ4v) is 12.8. The number of rotatable bonds is 64. The number of hydrogen-bond acceptors (Lipinski definition) is 13. The summed E-state index contributed by atoms with van der Waals surface area (Å²) < 4.78 is 23.0. The molecule has 0 aromatic rings. The Morgan fingerprint density at radius 1 is 0.407 bits per heavy atom. The molecule has 12 unspecified atom stereocenters. The van der Waals surface area contributed by atoms with Crippen LogP contribution < -0.4 is 5.32 Å². The van der Waals surface area contributed by atoms with E-state index in [2.05, 4.69) is 67.8 Å². The minimum atomic E-state index is -1.78. The first-order chi connectivity index (χ1) is 44.6. The lowest BCUT2D eigenvalue weighted by Gasteiger charge is -2.46. The number of carbonyl (C=O) groups excluding carboxylic acids is 1. The molecule has 91 heavy (non-hydrogen) atoms. The average molecular weight is 1290 g/mol. The van der Waals surface area contributed by atoms with E-state index in [0.717, 1.165) is 77.0 Å². The van der Waals surface area contributed by atoms with Crippen LogP contribution in [0, 0.1) is 0 Å². The number of aliphatic hydroxyl groups excluding tert-OH is 8. The van der Waals surface area contributed by atoms with Crippen LogP contribution in [-0.2, 0) is 23.7 Å². The van der Waals surface area contributed by atoms with Gasteiger partial charge in [0.15, 0.2) is 12.6 Å². The van der Waals surface area contributed by atoms with Gasteiger partial charge in [-0.3, -0.25) is 4.79 Å². The zero-order chi connectivity index (χ0) is 65.9. The van der Waals surface area contributed by atoms with Gasteiger partial charge >= 0.3 is 0 Å². The summed E-state index contributed by atoms with van der Waals surface area (Å²) >= 11 is 0. The topological polar surface area (TPSA) is 228 Å². The second-order valence-electron chi connectivity index (χ2n) is 27.1. The number of amides is 1. The van der Waals surface area contributed by atoms with Crippen molar-refractivity contribution in [1.82, 2.24) is 5.32 Å². The summed E-state index contributed by atoms with van der Waals surface area (Å²) in [6, 6.07) is -0.831. The highest BCUT2D eigenvalue weighted by Crippen LogP contribution is 2.30. The summed E-state index contributed by atoms with van der Waals surface area (Å²) in [5, 5.41) is 87.8. The fraction of sp³-hybridized carbons (Fsp3) is 0.883. The molecule has 2 rings (SSSR count). The van der Waals surface area contributed by atoms with E-state index in [1.807, 2.05) is 0 Å². The molecule has 2 aliphatic heterocycles. The van der Waals surface area contributed by atoms with Gasteiger partial charge in [0, 0.05) is 6.42 Å². The molecule has 0 aromatic carbocycles. The van der Waals surface area contributed by atoms with Crippen molar-refractivity contribution in [1.29, 1.82) is 0 Å². The molecule has 0 aromatic heterocycles. The standard InChI is InChI=1S/C77H143NO13/c1-3-5-7-9-11-13-15-17-19-21-23-25-27-29-31-33-35-37-39-41-43-45-47-49-51-53-55-57-59-61-69(82)78-65(64-88-76-74(87)72(85)75(68(63-80)90-76)91-77-73(86)71(84)70(83)67(62-79)89-77)66(81)60-58-56-54-52-50-48-46-44-42-40-38-36-34-32-30-28-26-24-22-20-18-16-14-12-10-8-6-4-2/h5,7,11,13,17,19,23,25,65-68,70-77,79-81,83-87H,3-4,6,8-10,12,14-16,18,20-22,24,26-64H2,1-2H3,(H,78,82)/b7-5-,13-11-,19-17-,25-23-. The van der Waals surface area contributed by atoms with Gasteiger partial charge in [-0.25, -0.2) is 0 Å². The van der Waals surface area contributed by atoms with Gasteiger partial charge in [-0.1, -0.05) is 332 Å². The Morgan fingerprint density at radius 2 is 0.758 bits per heavy atom. The van der Waals surface area contributed by atoms with Gasteiger partial charge in [0.05, 0.1) is 32.0 Å². The predicted octanol–water partition coefficient (Wildman–Crippen LogP) is 16.6. The molecule has 14 heteroatoms. The van der Waals surface area contributed by atoms with Crippen LogP contribution in [0.3, 0.4) is 0 Å². The molecule has 9 N–H and O–H groups in total. The lowest BCUT2D eigenvalue weighted by Crippen LogP contribution is -2.65. The van der Waals surface area contributed by atoms with Crippen molar-refractivity contribution in [2.24, 2.45) is 0 Å². The molecule has 12 atom stereocenters. The van der Waals surface area contributed by atoms with Gasteiger partial charge in [0.25, 0.3) is 0 Å². The lowest BCUT2D eigenvalue weighted by molar-refractivity contribution is -0.359. The third kappa shape index (κ3) is 45.2. The van der Waals surface area contributed by atoms with Crippen molar-refractivity contribution < 1.29 is 64.6 Å². The lowest BCUT2D eigenvalue weighted by atomic mass is 9.97. The number of ether oxygens (including phenoxy) is 4. The molecule has 0 aliphatic carbocycles. The van der Waals surface area contributed by atoms with Crippen LogP contribution in [0.25, 0.3) is 0 Å². The summed E-state index contributed by atoms with van der Waals surface area (Å²) in [4.78, 5) is 13.4. The number of nitrogens with one attached hydrogen (secondary N) is 1. The van der Waals surface area contributed by atoms with Crippen LogP contribution in [0.1, 0.15) is 341 Å². The van der Waals surface area contributed by atoms with Crippen molar-refractivity contribution in [2.45, 2.75) is 415 Å². The average Bonchev–Trinajstić information content (AvgIpc) is 1.06.